The van der Waals surface area contributed by atoms with Crippen LogP contribution in [0.5, 0.6) is 0 Å². The third-order valence-corrected chi connectivity index (χ3v) is 4.47. The van der Waals surface area contributed by atoms with E-state index in [0.29, 0.717) is 6.54 Å². The van der Waals surface area contributed by atoms with Gasteiger partial charge in [0.25, 0.3) is 0 Å². The first-order chi connectivity index (χ1) is 9.79. The van der Waals surface area contributed by atoms with Crippen molar-refractivity contribution in [2.45, 2.75) is 18.9 Å². The van der Waals surface area contributed by atoms with Gasteiger partial charge in [-0.05, 0) is 42.2 Å². The molecule has 2 nitrogen and oxygen atoms in total. The Morgan fingerprint density at radius 3 is 2.80 bits per heavy atom. The Bertz CT molecular complexity index is 597. The topological polar surface area (TPSA) is 29.3 Å². The highest BCUT2D eigenvalue weighted by Gasteiger charge is 2.24. The highest BCUT2D eigenvalue weighted by Crippen LogP contribution is 2.34. The fourth-order valence-electron chi connectivity index (χ4n) is 3.04. The molecule has 2 N–H and O–H groups in total. The molecule has 0 saturated heterocycles. The van der Waals surface area contributed by atoms with Gasteiger partial charge in [-0.15, -0.1) is 0 Å². The van der Waals surface area contributed by atoms with Crippen LogP contribution in [0.25, 0.3) is 0 Å². The number of para-hydroxylation sites is 1. The second kappa shape index (κ2) is 5.98. The summed E-state index contributed by atoms with van der Waals surface area (Å²) in [6.07, 6.45) is 2.37. The number of fused-ring (bicyclic) bond motifs is 1. The lowest BCUT2D eigenvalue weighted by Gasteiger charge is -2.37. The minimum absolute atomic E-state index is 0.244. The molecule has 2 aromatic rings. The van der Waals surface area contributed by atoms with E-state index in [2.05, 4.69) is 69.4 Å². The third-order valence-electron chi connectivity index (χ3n) is 3.98. The Morgan fingerprint density at radius 1 is 1.15 bits per heavy atom. The van der Waals surface area contributed by atoms with Gasteiger partial charge in [-0.2, -0.15) is 0 Å². The Hall–Kier alpha value is -1.32. The summed E-state index contributed by atoms with van der Waals surface area (Å²) in [5.41, 5.74) is 10.1. The molecule has 0 fully saturated rings. The van der Waals surface area contributed by atoms with Gasteiger partial charge in [0, 0.05) is 23.2 Å². The van der Waals surface area contributed by atoms with Crippen LogP contribution in [-0.2, 0) is 6.42 Å². The minimum Gasteiger partial charge on any atom is -0.363 e. The van der Waals surface area contributed by atoms with E-state index in [-0.39, 0.29) is 6.04 Å². The number of hydrogen-bond acceptors (Lipinski definition) is 2. The minimum atomic E-state index is 0.244. The number of benzene rings is 2. The van der Waals surface area contributed by atoms with E-state index in [4.69, 9.17) is 5.73 Å². The zero-order valence-corrected chi connectivity index (χ0v) is 13.0. The molecule has 1 aliphatic rings. The van der Waals surface area contributed by atoms with Gasteiger partial charge < -0.3 is 10.6 Å². The molecule has 1 heterocycles. The summed E-state index contributed by atoms with van der Waals surface area (Å²) >= 11 is 3.56. The van der Waals surface area contributed by atoms with Gasteiger partial charge in [-0.25, -0.2) is 0 Å². The van der Waals surface area contributed by atoms with E-state index in [1.807, 2.05) is 0 Å². The van der Waals surface area contributed by atoms with E-state index >= 15 is 0 Å². The molecule has 0 saturated carbocycles. The molecule has 0 spiro atoms. The van der Waals surface area contributed by atoms with Crippen molar-refractivity contribution in [3.8, 4) is 0 Å². The second-order valence-corrected chi connectivity index (χ2v) is 6.15. The Balaban J connectivity index is 1.99. The number of halogens is 1. The number of anilines is 1. The standard InChI is InChI=1S/C17H19BrN2/c18-15-8-3-6-14(11-15)17(12-19)20-10-4-7-13-5-1-2-9-16(13)20/h1-3,5-6,8-9,11,17H,4,7,10,12,19H2. The van der Waals surface area contributed by atoms with Gasteiger partial charge in [0.05, 0.1) is 6.04 Å². The average Bonchev–Trinajstić information content (AvgIpc) is 2.48. The fourth-order valence-corrected chi connectivity index (χ4v) is 3.46. The molecule has 104 valence electrons. The molecular weight excluding hydrogens is 312 g/mol. The maximum Gasteiger partial charge on any atom is 0.0665 e. The van der Waals surface area contributed by atoms with Gasteiger partial charge in [-0.3, -0.25) is 0 Å². The van der Waals surface area contributed by atoms with Gasteiger partial charge in [0.2, 0.25) is 0 Å². The number of aryl methyl sites for hydroxylation is 1. The highest BCUT2D eigenvalue weighted by molar-refractivity contribution is 9.10. The van der Waals surface area contributed by atoms with Crippen molar-refractivity contribution >= 4 is 21.6 Å². The second-order valence-electron chi connectivity index (χ2n) is 5.23. The van der Waals surface area contributed by atoms with Crippen LogP contribution in [0.15, 0.2) is 53.0 Å². The molecule has 0 bridgehead atoms. The summed E-state index contributed by atoms with van der Waals surface area (Å²) in [7, 11) is 0. The number of nitrogens with zero attached hydrogens (tertiary/aromatic N) is 1. The van der Waals surface area contributed by atoms with Crippen LogP contribution in [0.4, 0.5) is 5.69 Å². The third kappa shape index (κ3) is 2.60. The first-order valence-electron chi connectivity index (χ1n) is 7.09. The SMILES string of the molecule is NCC(c1cccc(Br)c1)N1CCCc2ccccc21. The van der Waals surface area contributed by atoms with Crippen LogP contribution in [0.2, 0.25) is 0 Å². The Kier molecular flexibility index (Phi) is 4.08. The van der Waals surface area contributed by atoms with E-state index in [9.17, 15) is 0 Å². The predicted octanol–water partition coefficient (Wildman–Crippen LogP) is 3.90. The lowest BCUT2D eigenvalue weighted by atomic mass is 9.97. The lowest BCUT2D eigenvalue weighted by Crippen LogP contribution is -2.37. The summed E-state index contributed by atoms with van der Waals surface area (Å²) < 4.78 is 1.11. The first-order valence-corrected chi connectivity index (χ1v) is 7.89. The van der Waals surface area contributed by atoms with Crippen LogP contribution in [-0.4, -0.2) is 13.1 Å². The number of hydrogen-bond donors (Lipinski definition) is 1. The van der Waals surface area contributed by atoms with Crippen molar-refractivity contribution in [3.05, 3.63) is 64.1 Å². The first kappa shape index (κ1) is 13.7. The molecule has 0 amide bonds. The van der Waals surface area contributed by atoms with Crippen molar-refractivity contribution < 1.29 is 0 Å². The molecule has 20 heavy (non-hydrogen) atoms. The van der Waals surface area contributed by atoms with Gasteiger partial charge in [0.1, 0.15) is 0 Å². The van der Waals surface area contributed by atoms with Crippen LogP contribution >= 0.6 is 15.9 Å². The van der Waals surface area contributed by atoms with Crippen molar-refractivity contribution in [1.29, 1.82) is 0 Å². The monoisotopic (exact) mass is 330 g/mol. The van der Waals surface area contributed by atoms with Crippen LogP contribution in [0.3, 0.4) is 0 Å². The maximum atomic E-state index is 6.09. The van der Waals surface area contributed by atoms with Crippen molar-refractivity contribution in [3.63, 3.8) is 0 Å². The average molecular weight is 331 g/mol. The number of nitrogens with two attached hydrogens (primary N) is 1. The van der Waals surface area contributed by atoms with E-state index in [1.54, 1.807) is 0 Å². The van der Waals surface area contributed by atoms with E-state index < -0.39 is 0 Å². The predicted molar refractivity (Wildman–Crippen MR) is 88.0 cm³/mol. The van der Waals surface area contributed by atoms with Crippen LogP contribution in [0, 0.1) is 0 Å². The smallest absolute Gasteiger partial charge is 0.0665 e. The molecule has 0 aliphatic carbocycles. The quantitative estimate of drug-likeness (QED) is 0.924. The van der Waals surface area contributed by atoms with Crippen molar-refractivity contribution in [2.75, 3.05) is 18.0 Å². The molecule has 3 heteroatoms. The normalized spacial score (nSPS) is 15.8. The largest absolute Gasteiger partial charge is 0.363 e. The molecule has 0 radical (unpaired) electrons. The fraction of sp³-hybridized carbons (Fsp3) is 0.294. The zero-order valence-electron chi connectivity index (χ0n) is 11.4. The maximum absolute atomic E-state index is 6.09. The molecule has 1 atom stereocenters. The molecular formula is C17H19BrN2. The molecule has 2 aromatic carbocycles. The molecule has 1 unspecified atom stereocenters. The summed E-state index contributed by atoms with van der Waals surface area (Å²) in [6, 6.07) is 17.4. The summed E-state index contributed by atoms with van der Waals surface area (Å²) in [5.74, 6) is 0. The Labute approximate surface area is 128 Å². The van der Waals surface area contributed by atoms with E-state index in [0.717, 1.165) is 11.0 Å². The Morgan fingerprint density at radius 2 is 2.00 bits per heavy atom. The molecule has 3 rings (SSSR count). The van der Waals surface area contributed by atoms with E-state index in [1.165, 1.54) is 29.7 Å². The van der Waals surface area contributed by atoms with Gasteiger partial charge >= 0.3 is 0 Å². The molecule has 0 aromatic heterocycles. The van der Waals surface area contributed by atoms with Crippen molar-refractivity contribution in [2.24, 2.45) is 5.73 Å². The van der Waals surface area contributed by atoms with Crippen LogP contribution in [0.1, 0.15) is 23.6 Å². The zero-order chi connectivity index (χ0) is 13.9. The highest BCUT2D eigenvalue weighted by atomic mass is 79.9. The lowest BCUT2D eigenvalue weighted by molar-refractivity contribution is 0.587. The number of rotatable bonds is 3. The summed E-state index contributed by atoms with van der Waals surface area (Å²) in [4.78, 5) is 2.46. The summed E-state index contributed by atoms with van der Waals surface area (Å²) in [5, 5.41) is 0. The summed E-state index contributed by atoms with van der Waals surface area (Å²) in [6.45, 7) is 1.70. The van der Waals surface area contributed by atoms with Gasteiger partial charge in [-0.1, -0.05) is 46.3 Å². The van der Waals surface area contributed by atoms with Crippen molar-refractivity contribution in [1.82, 2.24) is 0 Å². The van der Waals surface area contributed by atoms with Crippen LogP contribution < -0.4 is 10.6 Å². The van der Waals surface area contributed by atoms with Gasteiger partial charge in [0.15, 0.2) is 0 Å². The molecule has 1 aliphatic heterocycles.